The second-order valence-electron chi connectivity index (χ2n) is 5.29. The maximum Gasteiger partial charge on any atom is 0.0537 e. The average molecular weight is 268 g/mol. The van der Waals surface area contributed by atoms with Gasteiger partial charge in [0.2, 0.25) is 0 Å². The summed E-state index contributed by atoms with van der Waals surface area (Å²) in [5, 5.41) is 0. The second kappa shape index (κ2) is 7.23. The molecule has 0 atom stereocenters. The summed E-state index contributed by atoms with van der Waals surface area (Å²) in [6.07, 6.45) is 1.20. The van der Waals surface area contributed by atoms with E-state index in [1.165, 1.54) is 23.6 Å². The van der Waals surface area contributed by atoms with Gasteiger partial charge in [0.1, 0.15) is 0 Å². The fraction of sp³-hybridized carbons (Fsp3) is 0.600. The summed E-state index contributed by atoms with van der Waals surface area (Å²) < 4.78 is 0. The van der Waals surface area contributed by atoms with Crippen molar-refractivity contribution in [3.05, 3.63) is 35.4 Å². The number of benzene rings is 1. The zero-order valence-corrected chi connectivity index (χ0v) is 13.2. The number of rotatable bonds is 6. The molecule has 0 aliphatic carbocycles. The predicted molar refractivity (Wildman–Crippen MR) is 80.5 cm³/mol. The normalized spacial score (nSPS) is 11.8. The third kappa shape index (κ3) is 4.48. The highest BCUT2D eigenvalue weighted by Crippen LogP contribution is 2.26. The van der Waals surface area contributed by atoms with Gasteiger partial charge in [0.15, 0.2) is 0 Å². The van der Waals surface area contributed by atoms with Gasteiger partial charge < -0.3 is 0 Å². The summed E-state index contributed by atoms with van der Waals surface area (Å²) >= 11 is 5.98. The highest BCUT2D eigenvalue weighted by molar-refractivity contribution is 6.61. The Labute approximate surface area is 113 Å². The van der Waals surface area contributed by atoms with E-state index in [0.29, 0.717) is 5.88 Å². The van der Waals surface area contributed by atoms with Crippen LogP contribution in [0.15, 0.2) is 24.3 Å². The van der Waals surface area contributed by atoms with Gasteiger partial charge in [-0.25, -0.2) is 0 Å². The first-order valence-corrected chi connectivity index (χ1v) is 8.94. The summed E-state index contributed by atoms with van der Waals surface area (Å²) in [4.78, 5) is 0. The van der Waals surface area contributed by atoms with Gasteiger partial charge in [-0.1, -0.05) is 69.1 Å². The Morgan fingerprint density at radius 1 is 1.00 bits per heavy atom. The first kappa shape index (κ1) is 14.8. The van der Waals surface area contributed by atoms with Gasteiger partial charge in [-0.05, 0) is 17.5 Å². The molecular weight excluding hydrogens is 244 g/mol. The predicted octanol–water partition coefficient (Wildman–Crippen LogP) is 5.28. The number of halogens is 1. The lowest BCUT2D eigenvalue weighted by Crippen LogP contribution is -2.21. The van der Waals surface area contributed by atoms with Crippen molar-refractivity contribution in [3.63, 3.8) is 0 Å². The molecule has 17 heavy (non-hydrogen) atoms. The lowest BCUT2D eigenvalue weighted by atomic mass is 10.1. The van der Waals surface area contributed by atoms with Crippen LogP contribution < -0.4 is 0 Å². The smallest absolute Gasteiger partial charge is 0.0537 e. The average Bonchev–Trinajstić information content (AvgIpc) is 2.29. The lowest BCUT2D eigenvalue weighted by Gasteiger charge is -2.23. The zero-order valence-electron chi connectivity index (χ0n) is 11.5. The van der Waals surface area contributed by atoms with Crippen LogP contribution in [-0.2, 0) is 12.3 Å². The summed E-state index contributed by atoms with van der Waals surface area (Å²) in [6.45, 7) is 9.51. The third-order valence-corrected chi connectivity index (χ3v) is 7.51. The Kier molecular flexibility index (Phi) is 6.28. The van der Waals surface area contributed by atoms with Crippen molar-refractivity contribution in [1.29, 1.82) is 0 Å². The molecule has 0 saturated carbocycles. The van der Waals surface area contributed by atoms with Gasteiger partial charge in [0.05, 0.1) is 8.80 Å². The second-order valence-corrected chi connectivity index (χ2v) is 9.51. The van der Waals surface area contributed by atoms with Gasteiger partial charge >= 0.3 is 0 Å². The summed E-state index contributed by atoms with van der Waals surface area (Å²) in [5.41, 5.74) is 4.49. The standard InChI is InChI=1S/C15H24ClSi/c1-12(2)17(13(3)4)10-9-14-7-5-6-8-15(14)11-16/h5-8,12-13H,9-11H2,1-4H3. The SMILES string of the molecule is CC(C)[Si](CCc1ccccc1CCl)C(C)C. The molecule has 0 saturated heterocycles. The molecule has 0 nitrogen and oxygen atoms in total. The molecule has 0 heterocycles. The van der Waals surface area contributed by atoms with Gasteiger partial charge in [0.25, 0.3) is 0 Å². The molecule has 1 rings (SSSR count). The van der Waals surface area contributed by atoms with E-state index in [-0.39, 0.29) is 8.80 Å². The minimum atomic E-state index is -0.244. The van der Waals surface area contributed by atoms with Crippen LogP contribution in [-0.4, -0.2) is 8.80 Å². The van der Waals surface area contributed by atoms with Crippen molar-refractivity contribution >= 4 is 20.4 Å². The van der Waals surface area contributed by atoms with Crippen molar-refractivity contribution in [2.24, 2.45) is 0 Å². The molecule has 0 unspecified atom stereocenters. The van der Waals surface area contributed by atoms with Gasteiger partial charge in [-0.3, -0.25) is 0 Å². The van der Waals surface area contributed by atoms with E-state index >= 15 is 0 Å². The summed E-state index contributed by atoms with van der Waals surface area (Å²) in [5.74, 6) is 0.640. The van der Waals surface area contributed by atoms with Crippen LogP contribution in [0, 0.1) is 0 Å². The van der Waals surface area contributed by atoms with Crippen LogP contribution >= 0.6 is 11.6 Å². The Morgan fingerprint density at radius 2 is 1.53 bits per heavy atom. The van der Waals surface area contributed by atoms with Gasteiger partial charge in [0, 0.05) is 5.88 Å². The van der Waals surface area contributed by atoms with Crippen LogP contribution in [0.3, 0.4) is 0 Å². The number of hydrogen-bond acceptors (Lipinski definition) is 0. The molecular formula is C15H24ClSi. The van der Waals surface area contributed by atoms with Crippen molar-refractivity contribution in [2.75, 3.05) is 0 Å². The number of aryl methyl sites for hydroxylation is 1. The van der Waals surface area contributed by atoms with Crippen LogP contribution in [0.1, 0.15) is 38.8 Å². The van der Waals surface area contributed by atoms with Crippen LogP contribution in [0.4, 0.5) is 0 Å². The number of alkyl halides is 1. The van der Waals surface area contributed by atoms with E-state index < -0.39 is 0 Å². The van der Waals surface area contributed by atoms with E-state index in [9.17, 15) is 0 Å². The van der Waals surface area contributed by atoms with Crippen molar-refractivity contribution in [2.45, 2.75) is 57.1 Å². The third-order valence-electron chi connectivity index (χ3n) is 3.43. The van der Waals surface area contributed by atoms with Gasteiger partial charge in [-0.15, -0.1) is 11.6 Å². The molecule has 1 aromatic rings. The van der Waals surface area contributed by atoms with E-state index in [2.05, 4.69) is 52.0 Å². The topological polar surface area (TPSA) is 0 Å². The Bertz CT molecular complexity index is 325. The molecule has 0 fully saturated rings. The minimum Gasteiger partial charge on any atom is -0.122 e. The molecule has 0 aliphatic heterocycles. The van der Waals surface area contributed by atoms with Crippen molar-refractivity contribution < 1.29 is 0 Å². The van der Waals surface area contributed by atoms with Gasteiger partial charge in [-0.2, -0.15) is 0 Å². The highest BCUT2D eigenvalue weighted by atomic mass is 35.5. The van der Waals surface area contributed by atoms with E-state index in [4.69, 9.17) is 11.6 Å². The highest BCUT2D eigenvalue weighted by Gasteiger charge is 2.19. The molecule has 0 amide bonds. The van der Waals surface area contributed by atoms with Crippen LogP contribution in [0.5, 0.6) is 0 Å². The maximum atomic E-state index is 5.98. The molecule has 0 N–H and O–H groups in total. The van der Waals surface area contributed by atoms with E-state index in [0.717, 1.165) is 11.1 Å². The lowest BCUT2D eigenvalue weighted by molar-refractivity contribution is 0.901. The maximum absolute atomic E-state index is 5.98. The largest absolute Gasteiger partial charge is 0.122 e. The Morgan fingerprint density at radius 3 is 2.00 bits per heavy atom. The zero-order chi connectivity index (χ0) is 12.8. The number of hydrogen-bond donors (Lipinski definition) is 0. The van der Waals surface area contributed by atoms with Crippen molar-refractivity contribution in [1.82, 2.24) is 0 Å². The molecule has 0 aliphatic rings. The quantitative estimate of drug-likeness (QED) is 0.486. The van der Waals surface area contributed by atoms with Crippen LogP contribution in [0.2, 0.25) is 17.1 Å². The minimum absolute atomic E-state index is 0.244. The molecule has 1 aromatic carbocycles. The van der Waals surface area contributed by atoms with Crippen LogP contribution in [0.25, 0.3) is 0 Å². The molecule has 0 spiro atoms. The first-order valence-electron chi connectivity index (χ1n) is 6.54. The summed E-state index contributed by atoms with van der Waals surface area (Å²) in [7, 11) is -0.244. The van der Waals surface area contributed by atoms with Crippen molar-refractivity contribution in [3.8, 4) is 0 Å². The summed E-state index contributed by atoms with van der Waals surface area (Å²) in [6, 6.07) is 9.96. The Hall–Kier alpha value is -0.273. The molecule has 95 valence electrons. The fourth-order valence-corrected chi connectivity index (χ4v) is 5.76. The molecule has 0 bridgehead atoms. The van der Waals surface area contributed by atoms with E-state index in [1.54, 1.807) is 0 Å². The fourth-order valence-electron chi connectivity index (χ4n) is 2.45. The monoisotopic (exact) mass is 267 g/mol. The molecule has 1 radical (unpaired) electrons. The first-order chi connectivity index (χ1) is 8.06. The van der Waals surface area contributed by atoms with E-state index in [1.807, 2.05) is 0 Å². The molecule has 2 heteroatoms. The Balaban J connectivity index is 2.65. The molecule has 0 aromatic heterocycles.